The largest absolute Gasteiger partial charge is 0.355 e. The summed E-state index contributed by atoms with van der Waals surface area (Å²) < 4.78 is 1.64. The zero-order chi connectivity index (χ0) is 14.5. The van der Waals surface area contributed by atoms with Crippen LogP contribution in [-0.4, -0.2) is 37.9 Å². The molecule has 1 N–H and O–H groups in total. The van der Waals surface area contributed by atoms with Gasteiger partial charge in [-0.1, -0.05) is 29.5 Å². The van der Waals surface area contributed by atoms with E-state index in [4.69, 9.17) is 0 Å². The fourth-order valence-corrected chi connectivity index (χ4v) is 2.46. The lowest BCUT2D eigenvalue weighted by Crippen LogP contribution is -2.30. The van der Waals surface area contributed by atoms with Crippen LogP contribution < -0.4 is 5.32 Å². The normalized spacial score (nSPS) is 12.2. The SMILES string of the molecule is CCNC(=O)C(C)Sc1nnnn1-c1ccc(C)cc1. The number of nitrogens with zero attached hydrogens (tertiary/aromatic N) is 4. The van der Waals surface area contributed by atoms with Gasteiger partial charge in [0, 0.05) is 6.54 Å². The summed E-state index contributed by atoms with van der Waals surface area (Å²) in [5.41, 5.74) is 2.05. The quantitative estimate of drug-likeness (QED) is 0.847. The van der Waals surface area contributed by atoms with E-state index in [1.54, 1.807) is 4.68 Å². The van der Waals surface area contributed by atoms with Crippen molar-refractivity contribution in [1.29, 1.82) is 0 Å². The minimum absolute atomic E-state index is 0.0176. The first-order valence-electron chi connectivity index (χ1n) is 6.41. The van der Waals surface area contributed by atoms with Crippen LogP contribution in [-0.2, 0) is 4.79 Å². The number of aryl methyl sites for hydroxylation is 1. The Morgan fingerprint density at radius 1 is 1.40 bits per heavy atom. The Hall–Kier alpha value is -1.89. The van der Waals surface area contributed by atoms with E-state index in [2.05, 4.69) is 20.8 Å². The van der Waals surface area contributed by atoms with Crippen molar-refractivity contribution in [2.75, 3.05) is 6.54 Å². The molecule has 1 aromatic carbocycles. The number of nitrogens with one attached hydrogen (secondary N) is 1. The highest BCUT2D eigenvalue weighted by Gasteiger charge is 2.18. The summed E-state index contributed by atoms with van der Waals surface area (Å²) in [5, 5.41) is 14.8. The molecule has 1 amide bonds. The van der Waals surface area contributed by atoms with Crippen molar-refractivity contribution < 1.29 is 4.79 Å². The molecule has 0 saturated carbocycles. The fraction of sp³-hybridized carbons (Fsp3) is 0.385. The zero-order valence-corrected chi connectivity index (χ0v) is 12.5. The van der Waals surface area contributed by atoms with Gasteiger partial charge in [-0.25, -0.2) is 0 Å². The highest BCUT2D eigenvalue weighted by molar-refractivity contribution is 8.00. The van der Waals surface area contributed by atoms with Crippen LogP contribution in [0.4, 0.5) is 0 Å². The Balaban J connectivity index is 2.16. The first-order chi connectivity index (χ1) is 9.61. The number of benzene rings is 1. The second-order valence-electron chi connectivity index (χ2n) is 4.36. The monoisotopic (exact) mass is 291 g/mol. The minimum atomic E-state index is -0.245. The first kappa shape index (κ1) is 14.5. The van der Waals surface area contributed by atoms with Gasteiger partial charge in [0.2, 0.25) is 11.1 Å². The van der Waals surface area contributed by atoms with E-state index in [0.29, 0.717) is 11.7 Å². The number of hydrogen-bond acceptors (Lipinski definition) is 5. The predicted molar refractivity (Wildman–Crippen MR) is 77.9 cm³/mol. The fourth-order valence-electron chi connectivity index (χ4n) is 1.63. The summed E-state index contributed by atoms with van der Waals surface area (Å²) in [5.74, 6) is -0.0176. The van der Waals surface area contributed by atoms with Crippen LogP contribution in [0.15, 0.2) is 29.4 Å². The van der Waals surface area contributed by atoms with Gasteiger partial charge < -0.3 is 5.32 Å². The standard InChI is InChI=1S/C13H17N5OS/c1-4-14-12(19)10(3)20-13-15-16-17-18(13)11-7-5-9(2)6-8-11/h5-8,10H,4H2,1-3H3,(H,14,19). The van der Waals surface area contributed by atoms with Crippen molar-refractivity contribution in [1.82, 2.24) is 25.5 Å². The van der Waals surface area contributed by atoms with Crippen LogP contribution in [0.1, 0.15) is 19.4 Å². The van der Waals surface area contributed by atoms with E-state index in [1.807, 2.05) is 45.0 Å². The number of tetrazole rings is 1. The van der Waals surface area contributed by atoms with Gasteiger partial charge in [-0.2, -0.15) is 4.68 Å². The van der Waals surface area contributed by atoms with Crippen LogP contribution in [0.5, 0.6) is 0 Å². The molecule has 0 aliphatic rings. The molecule has 1 aromatic heterocycles. The Labute approximate surface area is 121 Å². The van der Waals surface area contributed by atoms with E-state index in [9.17, 15) is 4.79 Å². The number of amides is 1. The smallest absolute Gasteiger partial charge is 0.233 e. The molecule has 0 fully saturated rings. The molecule has 1 heterocycles. The number of thioether (sulfide) groups is 1. The molecular formula is C13H17N5OS. The molecule has 2 rings (SSSR count). The molecule has 1 unspecified atom stereocenters. The molecule has 0 aliphatic heterocycles. The predicted octanol–water partition coefficient (Wildman–Crippen LogP) is 1.59. The minimum Gasteiger partial charge on any atom is -0.355 e. The van der Waals surface area contributed by atoms with Gasteiger partial charge in [-0.15, -0.1) is 5.10 Å². The summed E-state index contributed by atoms with van der Waals surface area (Å²) in [6, 6.07) is 7.90. The first-order valence-corrected chi connectivity index (χ1v) is 7.29. The van der Waals surface area contributed by atoms with Crippen molar-refractivity contribution in [3.8, 4) is 5.69 Å². The van der Waals surface area contributed by atoms with Crippen molar-refractivity contribution >= 4 is 17.7 Å². The average Bonchev–Trinajstić information content (AvgIpc) is 2.88. The molecule has 0 spiro atoms. The molecule has 0 aliphatic carbocycles. The molecule has 1 atom stereocenters. The Bertz CT molecular complexity index is 581. The Morgan fingerprint density at radius 2 is 2.10 bits per heavy atom. The molecule has 106 valence electrons. The summed E-state index contributed by atoms with van der Waals surface area (Å²) in [6.45, 7) is 6.37. The maximum Gasteiger partial charge on any atom is 0.233 e. The lowest BCUT2D eigenvalue weighted by molar-refractivity contribution is -0.120. The van der Waals surface area contributed by atoms with Crippen molar-refractivity contribution in [3.63, 3.8) is 0 Å². The van der Waals surface area contributed by atoms with Gasteiger partial charge in [-0.3, -0.25) is 4.79 Å². The number of aromatic nitrogens is 4. The molecule has 0 bridgehead atoms. The third-order valence-electron chi connectivity index (χ3n) is 2.72. The number of carbonyl (C=O) groups excluding carboxylic acids is 1. The maximum absolute atomic E-state index is 11.8. The van der Waals surface area contributed by atoms with Gasteiger partial charge in [0.15, 0.2) is 0 Å². The topological polar surface area (TPSA) is 72.7 Å². The molecular weight excluding hydrogens is 274 g/mol. The van der Waals surface area contributed by atoms with Crippen LogP contribution in [0.2, 0.25) is 0 Å². The second kappa shape index (κ2) is 6.51. The van der Waals surface area contributed by atoms with E-state index in [-0.39, 0.29) is 11.2 Å². The maximum atomic E-state index is 11.8. The van der Waals surface area contributed by atoms with Crippen LogP contribution in [0, 0.1) is 6.92 Å². The lowest BCUT2D eigenvalue weighted by Gasteiger charge is -2.10. The van der Waals surface area contributed by atoms with E-state index >= 15 is 0 Å². The summed E-state index contributed by atoms with van der Waals surface area (Å²) in [6.07, 6.45) is 0. The van der Waals surface area contributed by atoms with Crippen molar-refractivity contribution in [2.24, 2.45) is 0 Å². The number of carbonyl (C=O) groups is 1. The van der Waals surface area contributed by atoms with Gasteiger partial charge in [0.1, 0.15) is 0 Å². The van der Waals surface area contributed by atoms with Crippen LogP contribution in [0.3, 0.4) is 0 Å². The van der Waals surface area contributed by atoms with Crippen LogP contribution in [0.25, 0.3) is 5.69 Å². The molecule has 20 heavy (non-hydrogen) atoms. The Morgan fingerprint density at radius 3 is 2.75 bits per heavy atom. The van der Waals surface area contributed by atoms with E-state index in [0.717, 1.165) is 5.69 Å². The number of rotatable bonds is 5. The Kier molecular flexibility index (Phi) is 4.73. The second-order valence-corrected chi connectivity index (χ2v) is 5.67. The molecule has 7 heteroatoms. The molecule has 6 nitrogen and oxygen atoms in total. The summed E-state index contributed by atoms with van der Waals surface area (Å²) in [7, 11) is 0. The molecule has 0 saturated heterocycles. The zero-order valence-electron chi connectivity index (χ0n) is 11.7. The molecule has 2 aromatic rings. The van der Waals surface area contributed by atoms with E-state index < -0.39 is 0 Å². The average molecular weight is 291 g/mol. The van der Waals surface area contributed by atoms with Gasteiger partial charge >= 0.3 is 0 Å². The summed E-state index contributed by atoms with van der Waals surface area (Å²) >= 11 is 1.34. The van der Waals surface area contributed by atoms with Crippen molar-refractivity contribution in [3.05, 3.63) is 29.8 Å². The van der Waals surface area contributed by atoms with Gasteiger partial charge in [0.25, 0.3) is 0 Å². The van der Waals surface area contributed by atoms with E-state index in [1.165, 1.54) is 17.3 Å². The van der Waals surface area contributed by atoms with Crippen molar-refractivity contribution in [2.45, 2.75) is 31.2 Å². The van der Waals surface area contributed by atoms with Crippen LogP contribution >= 0.6 is 11.8 Å². The van der Waals surface area contributed by atoms with Gasteiger partial charge in [0.05, 0.1) is 10.9 Å². The molecule has 0 radical (unpaired) electrons. The lowest BCUT2D eigenvalue weighted by atomic mass is 10.2. The van der Waals surface area contributed by atoms with Gasteiger partial charge in [-0.05, 0) is 43.3 Å². The number of hydrogen-bond donors (Lipinski definition) is 1. The third-order valence-corrected chi connectivity index (χ3v) is 3.75. The highest BCUT2D eigenvalue weighted by Crippen LogP contribution is 2.22. The summed E-state index contributed by atoms with van der Waals surface area (Å²) in [4.78, 5) is 11.8. The highest BCUT2D eigenvalue weighted by atomic mass is 32.2. The third kappa shape index (κ3) is 3.36.